The third kappa shape index (κ3) is 2.97. The van der Waals surface area contributed by atoms with Crippen LogP contribution in [0.3, 0.4) is 0 Å². The Morgan fingerprint density at radius 3 is 2.75 bits per heavy atom. The first-order valence-corrected chi connectivity index (χ1v) is 5.91. The van der Waals surface area contributed by atoms with E-state index in [1.165, 1.54) is 5.56 Å². The maximum Gasteiger partial charge on any atom is 0.123 e. The van der Waals surface area contributed by atoms with Crippen molar-refractivity contribution in [1.82, 2.24) is 4.90 Å². The van der Waals surface area contributed by atoms with Crippen LogP contribution in [0, 0.1) is 0 Å². The molecule has 1 fully saturated rings. The molecule has 0 saturated carbocycles. The summed E-state index contributed by atoms with van der Waals surface area (Å²) in [5.41, 5.74) is 1.27. The second kappa shape index (κ2) is 5.87. The fourth-order valence-electron chi connectivity index (χ4n) is 1.93. The van der Waals surface area contributed by atoms with Gasteiger partial charge in [0.2, 0.25) is 0 Å². The smallest absolute Gasteiger partial charge is 0.123 e. The van der Waals surface area contributed by atoms with Gasteiger partial charge in [0, 0.05) is 25.2 Å². The van der Waals surface area contributed by atoms with Crippen LogP contribution >= 0.6 is 0 Å². The Kier molecular flexibility index (Phi) is 4.19. The second-order valence-corrected chi connectivity index (χ2v) is 3.93. The zero-order chi connectivity index (χ0) is 11.2. The van der Waals surface area contributed by atoms with Gasteiger partial charge in [-0.2, -0.15) is 0 Å². The molecular formula is C13H19NO2. The van der Waals surface area contributed by atoms with Crippen LogP contribution < -0.4 is 4.74 Å². The van der Waals surface area contributed by atoms with Gasteiger partial charge in [-0.15, -0.1) is 0 Å². The van der Waals surface area contributed by atoms with Crippen molar-refractivity contribution in [3.8, 4) is 5.75 Å². The van der Waals surface area contributed by atoms with Crippen molar-refractivity contribution in [2.24, 2.45) is 0 Å². The van der Waals surface area contributed by atoms with Gasteiger partial charge in [-0.3, -0.25) is 4.90 Å². The lowest BCUT2D eigenvalue weighted by atomic mass is 10.2. The minimum Gasteiger partial charge on any atom is -0.494 e. The van der Waals surface area contributed by atoms with E-state index in [2.05, 4.69) is 17.0 Å². The molecule has 3 nitrogen and oxygen atoms in total. The summed E-state index contributed by atoms with van der Waals surface area (Å²) in [6.45, 7) is 7.42. The van der Waals surface area contributed by atoms with Gasteiger partial charge in [0.25, 0.3) is 0 Å². The summed E-state index contributed by atoms with van der Waals surface area (Å²) in [7, 11) is 0. The van der Waals surface area contributed by atoms with Crippen LogP contribution in [0.1, 0.15) is 12.5 Å². The van der Waals surface area contributed by atoms with Crippen LogP contribution in [0.2, 0.25) is 0 Å². The van der Waals surface area contributed by atoms with Crippen molar-refractivity contribution in [3.05, 3.63) is 29.8 Å². The van der Waals surface area contributed by atoms with Gasteiger partial charge in [0.15, 0.2) is 0 Å². The molecule has 0 bridgehead atoms. The Labute approximate surface area is 97.0 Å². The van der Waals surface area contributed by atoms with E-state index in [4.69, 9.17) is 9.47 Å². The molecular weight excluding hydrogens is 202 g/mol. The van der Waals surface area contributed by atoms with Crippen LogP contribution in [0.4, 0.5) is 0 Å². The highest BCUT2D eigenvalue weighted by atomic mass is 16.5. The maximum atomic E-state index is 5.62. The standard InChI is InChI=1S/C13H19NO2/c1-2-16-13-6-4-3-5-12(13)11-14-7-9-15-10-8-14/h3-6H,2,7-11H2,1H3. The lowest BCUT2D eigenvalue weighted by Crippen LogP contribution is -2.35. The summed E-state index contributed by atoms with van der Waals surface area (Å²) < 4.78 is 11.0. The van der Waals surface area contributed by atoms with E-state index in [1.807, 2.05) is 19.1 Å². The molecule has 0 radical (unpaired) electrons. The number of para-hydroxylation sites is 1. The minimum absolute atomic E-state index is 0.722. The van der Waals surface area contributed by atoms with Crippen LogP contribution in [-0.4, -0.2) is 37.8 Å². The Bertz CT molecular complexity index is 321. The van der Waals surface area contributed by atoms with E-state index in [0.717, 1.165) is 45.2 Å². The quantitative estimate of drug-likeness (QED) is 0.775. The minimum atomic E-state index is 0.722. The largest absolute Gasteiger partial charge is 0.494 e. The number of rotatable bonds is 4. The van der Waals surface area contributed by atoms with Gasteiger partial charge in [-0.05, 0) is 13.0 Å². The van der Waals surface area contributed by atoms with Gasteiger partial charge in [-0.1, -0.05) is 18.2 Å². The zero-order valence-corrected chi connectivity index (χ0v) is 9.82. The third-order valence-electron chi connectivity index (χ3n) is 2.77. The van der Waals surface area contributed by atoms with E-state index in [0.29, 0.717) is 0 Å². The summed E-state index contributed by atoms with van der Waals surface area (Å²) in [6.07, 6.45) is 0. The van der Waals surface area contributed by atoms with Crippen LogP contribution in [0.25, 0.3) is 0 Å². The van der Waals surface area contributed by atoms with Crippen molar-refractivity contribution < 1.29 is 9.47 Å². The average Bonchev–Trinajstić information content (AvgIpc) is 2.33. The number of benzene rings is 1. The Hall–Kier alpha value is -1.06. The molecule has 1 aromatic rings. The van der Waals surface area contributed by atoms with E-state index < -0.39 is 0 Å². The summed E-state index contributed by atoms with van der Waals surface area (Å²) in [4.78, 5) is 2.40. The van der Waals surface area contributed by atoms with Gasteiger partial charge in [0.05, 0.1) is 19.8 Å². The zero-order valence-electron chi connectivity index (χ0n) is 9.82. The average molecular weight is 221 g/mol. The second-order valence-electron chi connectivity index (χ2n) is 3.93. The van der Waals surface area contributed by atoms with Crippen molar-refractivity contribution in [2.45, 2.75) is 13.5 Å². The number of ether oxygens (including phenoxy) is 2. The van der Waals surface area contributed by atoms with Crippen molar-refractivity contribution in [3.63, 3.8) is 0 Å². The third-order valence-corrected chi connectivity index (χ3v) is 2.77. The molecule has 0 aromatic heterocycles. The van der Waals surface area contributed by atoms with E-state index in [-0.39, 0.29) is 0 Å². The van der Waals surface area contributed by atoms with E-state index >= 15 is 0 Å². The summed E-state index contributed by atoms with van der Waals surface area (Å²) in [5, 5.41) is 0. The lowest BCUT2D eigenvalue weighted by molar-refractivity contribution is 0.0338. The first-order chi connectivity index (χ1) is 7.90. The molecule has 0 atom stereocenters. The molecule has 16 heavy (non-hydrogen) atoms. The van der Waals surface area contributed by atoms with E-state index in [9.17, 15) is 0 Å². The Morgan fingerprint density at radius 1 is 1.25 bits per heavy atom. The molecule has 0 amide bonds. The molecule has 0 unspecified atom stereocenters. The molecule has 1 aliphatic rings. The number of hydrogen-bond acceptors (Lipinski definition) is 3. The number of nitrogens with zero attached hydrogens (tertiary/aromatic N) is 1. The highest BCUT2D eigenvalue weighted by Crippen LogP contribution is 2.20. The lowest BCUT2D eigenvalue weighted by Gasteiger charge is -2.27. The van der Waals surface area contributed by atoms with Gasteiger partial charge >= 0.3 is 0 Å². The molecule has 1 aromatic carbocycles. The number of hydrogen-bond donors (Lipinski definition) is 0. The van der Waals surface area contributed by atoms with Gasteiger partial charge in [-0.25, -0.2) is 0 Å². The summed E-state index contributed by atoms with van der Waals surface area (Å²) >= 11 is 0. The van der Waals surface area contributed by atoms with Gasteiger partial charge in [0.1, 0.15) is 5.75 Å². The van der Waals surface area contributed by atoms with E-state index in [1.54, 1.807) is 0 Å². The molecule has 1 heterocycles. The SMILES string of the molecule is CCOc1ccccc1CN1CCOCC1. The Balaban J connectivity index is 2.01. The van der Waals surface area contributed by atoms with Crippen LogP contribution in [0.5, 0.6) is 5.75 Å². The molecule has 3 heteroatoms. The van der Waals surface area contributed by atoms with Crippen LogP contribution in [-0.2, 0) is 11.3 Å². The molecule has 2 rings (SSSR count). The predicted molar refractivity (Wildman–Crippen MR) is 63.7 cm³/mol. The van der Waals surface area contributed by atoms with Crippen LogP contribution in [0.15, 0.2) is 24.3 Å². The summed E-state index contributed by atoms with van der Waals surface area (Å²) in [6, 6.07) is 8.27. The fourth-order valence-corrected chi connectivity index (χ4v) is 1.93. The highest BCUT2D eigenvalue weighted by Gasteiger charge is 2.12. The molecule has 0 aliphatic carbocycles. The molecule has 88 valence electrons. The predicted octanol–water partition coefficient (Wildman–Crippen LogP) is 1.92. The van der Waals surface area contributed by atoms with Crippen molar-refractivity contribution in [1.29, 1.82) is 0 Å². The first kappa shape index (κ1) is 11.4. The maximum absolute atomic E-state index is 5.62. The first-order valence-electron chi connectivity index (χ1n) is 5.91. The molecule has 0 N–H and O–H groups in total. The summed E-state index contributed by atoms with van der Waals surface area (Å²) in [5.74, 6) is 1.01. The van der Waals surface area contributed by atoms with Gasteiger partial charge < -0.3 is 9.47 Å². The molecule has 1 aliphatic heterocycles. The van der Waals surface area contributed by atoms with Crippen molar-refractivity contribution >= 4 is 0 Å². The Morgan fingerprint density at radius 2 is 2.00 bits per heavy atom. The topological polar surface area (TPSA) is 21.7 Å². The fraction of sp³-hybridized carbons (Fsp3) is 0.538. The van der Waals surface area contributed by atoms with Crippen molar-refractivity contribution in [2.75, 3.05) is 32.9 Å². The monoisotopic (exact) mass is 221 g/mol. The normalized spacial score (nSPS) is 17.3. The number of morpholine rings is 1. The molecule has 1 saturated heterocycles. The highest BCUT2D eigenvalue weighted by molar-refractivity contribution is 5.33. The molecule has 0 spiro atoms.